The van der Waals surface area contributed by atoms with Crippen LogP contribution in [0.15, 0.2) is 36.4 Å². The van der Waals surface area contributed by atoms with E-state index in [1.165, 1.54) is 11.1 Å². The first-order valence-corrected chi connectivity index (χ1v) is 4.16. The highest BCUT2D eigenvalue weighted by molar-refractivity contribution is 6.19. The molecule has 1 aromatic rings. The summed E-state index contributed by atoms with van der Waals surface area (Å²) in [6.45, 7) is 2.07. The van der Waals surface area contributed by atoms with Gasteiger partial charge in [0.25, 0.3) is 0 Å². The van der Waals surface area contributed by atoms with Crippen molar-refractivity contribution in [3.63, 3.8) is 0 Å². The van der Waals surface area contributed by atoms with E-state index in [1.54, 1.807) is 0 Å². The van der Waals surface area contributed by atoms with Crippen LogP contribution in [0.3, 0.4) is 0 Å². The molecule has 1 heteroatoms. The Morgan fingerprint density at radius 1 is 1.36 bits per heavy atom. The SMILES string of the molecule is C/C(=C/CCl)c1ccccc1. The van der Waals surface area contributed by atoms with Crippen molar-refractivity contribution in [1.29, 1.82) is 0 Å². The molecule has 0 aliphatic heterocycles. The second kappa shape index (κ2) is 4.20. The van der Waals surface area contributed by atoms with Crippen LogP contribution in [0, 0.1) is 0 Å². The van der Waals surface area contributed by atoms with Crippen LogP contribution in [0.1, 0.15) is 12.5 Å². The van der Waals surface area contributed by atoms with E-state index in [0.717, 1.165) is 0 Å². The Hall–Kier alpha value is -0.750. The molecule has 0 saturated heterocycles. The second-order valence-corrected chi connectivity index (χ2v) is 2.72. The molecule has 0 fully saturated rings. The van der Waals surface area contributed by atoms with Crippen molar-refractivity contribution in [2.24, 2.45) is 0 Å². The van der Waals surface area contributed by atoms with E-state index in [0.29, 0.717) is 5.88 Å². The van der Waals surface area contributed by atoms with Crippen molar-refractivity contribution in [3.8, 4) is 0 Å². The molecule has 0 nitrogen and oxygen atoms in total. The Morgan fingerprint density at radius 2 is 2.00 bits per heavy atom. The van der Waals surface area contributed by atoms with Gasteiger partial charge in [-0.15, -0.1) is 11.6 Å². The molecule has 11 heavy (non-hydrogen) atoms. The van der Waals surface area contributed by atoms with Gasteiger partial charge in [-0.2, -0.15) is 0 Å². The Bertz CT molecular complexity index is 236. The molecule has 58 valence electrons. The number of rotatable bonds is 2. The highest BCUT2D eigenvalue weighted by Gasteiger charge is 1.90. The lowest BCUT2D eigenvalue weighted by Crippen LogP contribution is -1.77. The van der Waals surface area contributed by atoms with Crippen molar-refractivity contribution in [1.82, 2.24) is 0 Å². The first kappa shape index (κ1) is 8.35. The summed E-state index contributed by atoms with van der Waals surface area (Å²) < 4.78 is 0. The third kappa shape index (κ3) is 2.39. The predicted octanol–water partition coefficient (Wildman–Crippen LogP) is 3.33. The van der Waals surface area contributed by atoms with Crippen LogP contribution >= 0.6 is 11.6 Å². The standard InChI is InChI=1S/C10H11Cl/c1-9(7-8-11)10-5-3-2-4-6-10/h2-7H,8H2,1H3/b9-7-. The Morgan fingerprint density at radius 3 is 2.55 bits per heavy atom. The second-order valence-electron chi connectivity index (χ2n) is 2.41. The Kier molecular flexibility index (Phi) is 3.18. The largest absolute Gasteiger partial charge is 0.122 e. The first-order chi connectivity index (χ1) is 5.34. The maximum atomic E-state index is 5.57. The molecule has 0 amide bonds. The lowest BCUT2D eigenvalue weighted by molar-refractivity contribution is 1.54. The molecule has 0 spiro atoms. The van der Waals surface area contributed by atoms with E-state index >= 15 is 0 Å². The molecule has 0 aliphatic rings. The number of benzene rings is 1. The normalized spacial score (nSPS) is 11.6. The van der Waals surface area contributed by atoms with Crippen LogP contribution < -0.4 is 0 Å². The fourth-order valence-corrected chi connectivity index (χ4v) is 1.17. The van der Waals surface area contributed by atoms with Gasteiger partial charge in [0.15, 0.2) is 0 Å². The topological polar surface area (TPSA) is 0 Å². The summed E-state index contributed by atoms with van der Waals surface area (Å²) in [5, 5.41) is 0. The van der Waals surface area contributed by atoms with Crippen LogP contribution in [-0.4, -0.2) is 5.88 Å². The minimum absolute atomic E-state index is 0.584. The molecular weight excluding hydrogens is 156 g/mol. The minimum atomic E-state index is 0.584. The van der Waals surface area contributed by atoms with E-state index in [-0.39, 0.29) is 0 Å². The van der Waals surface area contributed by atoms with E-state index < -0.39 is 0 Å². The number of allylic oxidation sites excluding steroid dienone is 2. The van der Waals surface area contributed by atoms with Gasteiger partial charge in [-0.1, -0.05) is 36.4 Å². The number of hydrogen-bond donors (Lipinski definition) is 0. The van der Waals surface area contributed by atoms with Crippen molar-refractivity contribution in [2.45, 2.75) is 6.92 Å². The van der Waals surface area contributed by atoms with Crippen LogP contribution in [0.4, 0.5) is 0 Å². The number of alkyl halides is 1. The summed E-state index contributed by atoms with van der Waals surface area (Å²) in [4.78, 5) is 0. The summed E-state index contributed by atoms with van der Waals surface area (Å²) >= 11 is 5.57. The Labute approximate surface area is 72.5 Å². The molecule has 0 saturated carbocycles. The van der Waals surface area contributed by atoms with Gasteiger partial charge < -0.3 is 0 Å². The van der Waals surface area contributed by atoms with Crippen LogP contribution in [0.2, 0.25) is 0 Å². The molecule has 0 heterocycles. The van der Waals surface area contributed by atoms with Gasteiger partial charge in [0.05, 0.1) is 0 Å². The number of hydrogen-bond acceptors (Lipinski definition) is 0. The van der Waals surface area contributed by atoms with Crippen molar-refractivity contribution in [2.75, 3.05) is 5.88 Å². The van der Waals surface area contributed by atoms with Gasteiger partial charge >= 0.3 is 0 Å². The van der Waals surface area contributed by atoms with Gasteiger partial charge in [-0.25, -0.2) is 0 Å². The smallest absolute Gasteiger partial charge is 0.0409 e. The molecule has 0 bridgehead atoms. The summed E-state index contributed by atoms with van der Waals surface area (Å²) in [6.07, 6.45) is 2.01. The van der Waals surface area contributed by atoms with Crippen molar-refractivity contribution < 1.29 is 0 Å². The summed E-state index contributed by atoms with van der Waals surface area (Å²) in [5.74, 6) is 0.584. The first-order valence-electron chi connectivity index (χ1n) is 3.62. The molecule has 0 atom stereocenters. The zero-order valence-electron chi connectivity index (χ0n) is 6.55. The molecule has 0 N–H and O–H groups in total. The van der Waals surface area contributed by atoms with Gasteiger partial charge in [0.2, 0.25) is 0 Å². The summed E-state index contributed by atoms with van der Waals surface area (Å²) in [6, 6.07) is 10.2. The van der Waals surface area contributed by atoms with Crippen LogP contribution in [0.25, 0.3) is 5.57 Å². The molecule has 1 aromatic carbocycles. The monoisotopic (exact) mass is 166 g/mol. The fraction of sp³-hybridized carbons (Fsp3) is 0.200. The van der Waals surface area contributed by atoms with Crippen molar-refractivity contribution in [3.05, 3.63) is 42.0 Å². The van der Waals surface area contributed by atoms with Gasteiger partial charge in [0, 0.05) is 5.88 Å². The van der Waals surface area contributed by atoms with Crippen LogP contribution in [0.5, 0.6) is 0 Å². The minimum Gasteiger partial charge on any atom is -0.122 e. The zero-order chi connectivity index (χ0) is 8.10. The van der Waals surface area contributed by atoms with E-state index in [9.17, 15) is 0 Å². The molecule has 0 radical (unpaired) electrons. The maximum absolute atomic E-state index is 5.57. The molecular formula is C10H11Cl. The lowest BCUT2D eigenvalue weighted by atomic mass is 10.1. The molecule has 0 aliphatic carbocycles. The van der Waals surface area contributed by atoms with Gasteiger partial charge in [-0.05, 0) is 18.1 Å². The quantitative estimate of drug-likeness (QED) is 0.592. The highest BCUT2D eigenvalue weighted by atomic mass is 35.5. The van der Waals surface area contributed by atoms with Crippen molar-refractivity contribution >= 4 is 17.2 Å². The third-order valence-electron chi connectivity index (χ3n) is 1.61. The summed E-state index contributed by atoms with van der Waals surface area (Å²) in [5.41, 5.74) is 2.48. The van der Waals surface area contributed by atoms with E-state index in [2.05, 4.69) is 19.1 Å². The van der Waals surface area contributed by atoms with E-state index in [4.69, 9.17) is 11.6 Å². The molecule has 0 unspecified atom stereocenters. The van der Waals surface area contributed by atoms with Gasteiger partial charge in [0.1, 0.15) is 0 Å². The predicted molar refractivity (Wildman–Crippen MR) is 50.8 cm³/mol. The average Bonchev–Trinajstić information content (AvgIpc) is 2.07. The fourth-order valence-electron chi connectivity index (χ4n) is 0.935. The highest BCUT2D eigenvalue weighted by Crippen LogP contribution is 2.12. The van der Waals surface area contributed by atoms with E-state index in [1.807, 2.05) is 24.3 Å². The third-order valence-corrected chi connectivity index (χ3v) is 1.77. The summed E-state index contributed by atoms with van der Waals surface area (Å²) in [7, 11) is 0. The average molecular weight is 167 g/mol. The lowest BCUT2D eigenvalue weighted by Gasteiger charge is -1.98. The number of halogens is 1. The maximum Gasteiger partial charge on any atom is 0.0409 e. The zero-order valence-corrected chi connectivity index (χ0v) is 7.31. The molecule has 1 rings (SSSR count). The van der Waals surface area contributed by atoms with Gasteiger partial charge in [-0.3, -0.25) is 0 Å². The van der Waals surface area contributed by atoms with Crippen LogP contribution in [-0.2, 0) is 0 Å². The molecule has 0 aromatic heterocycles. The Balaban J connectivity index is 2.85.